The van der Waals surface area contributed by atoms with E-state index >= 15 is 0 Å². The zero-order valence-corrected chi connectivity index (χ0v) is 13.7. The van der Waals surface area contributed by atoms with Crippen molar-refractivity contribution in [1.29, 1.82) is 0 Å². The molecule has 8 heteroatoms. The van der Waals surface area contributed by atoms with E-state index in [-0.39, 0.29) is 10.6 Å². The second kappa shape index (κ2) is 5.76. The van der Waals surface area contributed by atoms with E-state index in [2.05, 4.69) is 0 Å². The van der Waals surface area contributed by atoms with E-state index in [1.807, 2.05) is 4.90 Å². The van der Waals surface area contributed by atoms with Gasteiger partial charge in [0.15, 0.2) is 0 Å². The number of anilines is 1. The normalized spacial score (nSPS) is 20.8. The molecule has 0 radical (unpaired) electrons. The first kappa shape index (κ1) is 16.2. The molecule has 2 N–H and O–H groups in total. The number of primary sulfonamides is 1. The van der Waals surface area contributed by atoms with E-state index in [0.717, 1.165) is 32.0 Å². The average molecular weight is 339 g/mol. The van der Waals surface area contributed by atoms with Gasteiger partial charge in [-0.1, -0.05) is 12.8 Å². The van der Waals surface area contributed by atoms with Crippen LogP contribution >= 0.6 is 0 Å². The molecule has 1 spiro atoms. The van der Waals surface area contributed by atoms with Crippen LogP contribution in [0.4, 0.5) is 11.4 Å². The Morgan fingerprint density at radius 1 is 1.09 bits per heavy atom. The quantitative estimate of drug-likeness (QED) is 0.672. The van der Waals surface area contributed by atoms with Crippen molar-refractivity contribution in [2.75, 3.05) is 18.0 Å². The second-order valence-corrected chi connectivity index (χ2v) is 8.24. The number of non-ortho nitro benzene ring substituents is 1. The maximum absolute atomic E-state index is 11.6. The maximum atomic E-state index is 11.6. The molecule has 0 bridgehead atoms. The first-order chi connectivity index (χ1) is 10.8. The molecule has 1 saturated carbocycles. The minimum Gasteiger partial charge on any atom is -0.371 e. The lowest BCUT2D eigenvalue weighted by Crippen LogP contribution is -2.39. The largest absolute Gasteiger partial charge is 0.371 e. The molecule has 1 aromatic rings. The molecule has 3 rings (SSSR count). The third-order valence-corrected chi connectivity index (χ3v) is 6.16. The summed E-state index contributed by atoms with van der Waals surface area (Å²) in [5.74, 6) is 0. The lowest BCUT2D eigenvalue weighted by Gasteiger charge is -2.40. The Hall–Kier alpha value is -1.67. The predicted octanol–water partition coefficient (Wildman–Crippen LogP) is 2.40. The second-order valence-electron chi connectivity index (χ2n) is 6.68. The van der Waals surface area contributed by atoms with E-state index in [1.54, 1.807) is 0 Å². The van der Waals surface area contributed by atoms with Gasteiger partial charge in [0.1, 0.15) is 0 Å². The van der Waals surface area contributed by atoms with Gasteiger partial charge in [0.05, 0.1) is 9.82 Å². The lowest BCUT2D eigenvalue weighted by molar-refractivity contribution is -0.385. The molecule has 7 nitrogen and oxygen atoms in total. The number of sulfonamides is 1. The molecule has 0 amide bonds. The Morgan fingerprint density at radius 3 is 2.22 bits per heavy atom. The molecule has 1 aliphatic heterocycles. The zero-order chi connectivity index (χ0) is 16.7. The van der Waals surface area contributed by atoms with Crippen molar-refractivity contribution in [3.63, 3.8) is 0 Å². The third kappa shape index (κ3) is 3.32. The summed E-state index contributed by atoms with van der Waals surface area (Å²) in [6.45, 7) is 1.59. The van der Waals surface area contributed by atoms with Crippen molar-refractivity contribution >= 4 is 21.4 Å². The summed E-state index contributed by atoms with van der Waals surface area (Å²) in [6, 6.07) is 3.89. The monoisotopic (exact) mass is 339 g/mol. The molecule has 1 aliphatic carbocycles. The van der Waals surface area contributed by atoms with E-state index < -0.39 is 14.9 Å². The summed E-state index contributed by atoms with van der Waals surface area (Å²) < 4.78 is 23.2. The topological polar surface area (TPSA) is 107 Å². The Balaban J connectivity index is 1.88. The number of hydrogen-bond acceptors (Lipinski definition) is 5. The highest BCUT2D eigenvalue weighted by Crippen LogP contribution is 2.46. The van der Waals surface area contributed by atoms with Crippen molar-refractivity contribution in [2.24, 2.45) is 10.6 Å². The SMILES string of the molecule is NS(=O)(=O)c1cc(N2CCC3(CCCC3)CC2)cc([N+](=O)[O-])c1. The van der Waals surface area contributed by atoms with Crippen LogP contribution in [-0.4, -0.2) is 26.4 Å². The van der Waals surface area contributed by atoms with Gasteiger partial charge in [0, 0.05) is 30.9 Å². The fourth-order valence-corrected chi connectivity index (χ4v) is 4.45. The standard InChI is InChI=1S/C15H21N3O4S/c16-23(21,22)14-10-12(9-13(11-14)18(19)20)17-7-5-15(6-8-17)3-1-2-4-15/h9-11H,1-8H2,(H2,16,21,22). The van der Waals surface area contributed by atoms with Gasteiger partial charge in [0.2, 0.25) is 10.0 Å². The summed E-state index contributed by atoms with van der Waals surface area (Å²) in [6.07, 6.45) is 7.20. The van der Waals surface area contributed by atoms with Gasteiger partial charge >= 0.3 is 0 Å². The Labute approximate surface area is 135 Å². The first-order valence-electron chi connectivity index (χ1n) is 7.86. The van der Waals surface area contributed by atoms with Crippen LogP contribution in [0, 0.1) is 15.5 Å². The van der Waals surface area contributed by atoms with Crippen LogP contribution in [0.2, 0.25) is 0 Å². The van der Waals surface area contributed by atoms with Crippen LogP contribution in [0.25, 0.3) is 0 Å². The van der Waals surface area contributed by atoms with Gasteiger partial charge in [-0.25, -0.2) is 13.6 Å². The Kier molecular flexibility index (Phi) is 4.05. The molecule has 0 unspecified atom stereocenters. The predicted molar refractivity (Wildman–Crippen MR) is 86.8 cm³/mol. The summed E-state index contributed by atoms with van der Waals surface area (Å²) in [5, 5.41) is 16.2. The van der Waals surface area contributed by atoms with Gasteiger partial charge in [-0.05, 0) is 37.2 Å². The zero-order valence-electron chi connectivity index (χ0n) is 12.9. The number of nitrogens with zero attached hydrogens (tertiary/aromatic N) is 2. The molecule has 2 fully saturated rings. The van der Waals surface area contributed by atoms with Gasteiger partial charge in [-0.2, -0.15) is 0 Å². The van der Waals surface area contributed by atoms with Crippen LogP contribution in [0.1, 0.15) is 38.5 Å². The van der Waals surface area contributed by atoms with Crippen LogP contribution in [0.5, 0.6) is 0 Å². The Morgan fingerprint density at radius 2 is 1.70 bits per heavy atom. The molecular formula is C15H21N3O4S. The number of hydrogen-bond donors (Lipinski definition) is 1. The molecule has 1 aromatic carbocycles. The molecule has 2 aliphatic rings. The number of rotatable bonds is 3. The molecule has 1 saturated heterocycles. The molecular weight excluding hydrogens is 318 g/mol. The van der Waals surface area contributed by atoms with Crippen LogP contribution in [-0.2, 0) is 10.0 Å². The van der Waals surface area contributed by atoms with Crippen molar-refractivity contribution in [3.8, 4) is 0 Å². The highest BCUT2D eigenvalue weighted by Gasteiger charge is 2.37. The number of benzene rings is 1. The number of nitro benzene ring substituents is 1. The summed E-state index contributed by atoms with van der Waals surface area (Å²) >= 11 is 0. The van der Waals surface area contributed by atoms with E-state index in [4.69, 9.17) is 5.14 Å². The number of piperidine rings is 1. The van der Waals surface area contributed by atoms with Crippen molar-refractivity contribution in [3.05, 3.63) is 28.3 Å². The molecule has 1 heterocycles. The summed E-state index contributed by atoms with van der Waals surface area (Å²) in [7, 11) is -3.97. The van der Waals surface area contributed by atoms with Gasteiger partial charge in [-0.15, -0.1) is 0 Å². The van der Waals surface area contributed by atoms with Gasteiger partial charge in [0.25, 0.3) is 5.69 Å². The van der Waals surface area contributed by atoms with Crippen molar-refractivity contribution in [1.82, 2.24) is 0 Å². The van der Waals surface area contributed by atoms with Gasteiger partial charge < -0.3 is 4.90 Å². The number of nitrogens with two attached hydrogens (primary N) is 1. The molecule has 0 atom stereocenters. The average Bonchev–Trinajstić information content (AvgIpc) is 2.95. The first-order valence-corrected chi connectivity index (χ1v) is 9.41. The summed E-state index contributed by atoms with van der Waals surface area (Å²) in [4.78, 5) is 12.3. The fourth-order valence-electron chi connectivity index (χ4n) is 3.88. The third-order valence-electron chi connectivity index (χ3n) is 5.27. The number of nitro groups is 1. The maximum Gasteiger partial charge on any atom is 0.272 e. The van der Waals surface area contributed by atoms with E-state index in [0.29, 0.717) is 11.1 Å². The highest BCUT2D eigenvalue weighted by atomic mass is 32.2. The minimum absolute atomic E-state index is 0.206. The van der Waals surface area contributed by atoms with Crippen LogP contribution < -0.4 is 10.0 Å². The minimum atomic E-state index is -3.97. The lowest BCUT2D eigenvalue weighted by atomic mass is 9.77. The van der Waals surface area contributed by atoms with E-state index in [1.165, 1.54) is 37.8 Å². The smallest absolute Gasteiger partial charge is 0.272 e. The fraction of sp³-hybridized carbons (Fsp3) is 0.600. The molecule has 0 aromatic heterocycles. The van der Waals surface area contributed by atoms with Crippen LogP contribution in [0.3, 0.4) is 0 Å². The van der Waals surface area contributed by atoms with E-state index in [9.17, 15) is 18.5 Å². The van der Waals surface area contributed by atoms with Crippen LogP contribution in [0.15, 0.2) is 23.1 Å². The van der Waals surface area contributed by atoms with Crippen molar-refractivity contribution < 1.29 is 13.3 Å². The van der Waals surface area contributed by atoms with Gasteiger partial charge in [-0.3, -0.25) is 10.1 Å². The van der Waals surface area contributed by atoms with Crippen molar-refractivity contribution in [2.45, 2.75) is 43.4 Å². The molecule has 126 valence electrons. The molecule has 23 heavy (non-hydrogen) atoms. The highest BCUT2D eigenvalue weighted by molar-refractivity contribution is 7.89. The Bertz CT molecular complexity index is 716. The summed E-state index contributed by atoms with van der Waals surface area (Å²) in [5.41, 5.74) is 0.753.